The third kappa shape index (κ3) is 4.59. The molecule has 0 saturated carbocycles. The number of benzene rings is 3. The monoisotopic (exact) mass is 493 g/mol. The third-order valence-corrected chi connectivity index (χ3v) is 7.65. The van der Waals surface area contributed by atoms with Gasteiger partial charge in [0.25, 0.3) is 0 Å². The molecule has 0 spiro atoms. The van der Waals surface area contributed by atoms with Gasteiger partial charge >= 0.3 is 0 Å². The zero-order chi connectivity index (χ0) is 24.4. The number of halogens is 1. The molecule has 1 aliphatic heterocycles. The van der Waals surface area contributed by atoms with Gasteiger partial charge in [0.15, 0.2) is 0 Å². The minimum absolute atomic E-state index is 0.0438. The summed E-state index contributed by atoms with van der Waals surface area (Å²) in [7, 11) is -2.48. The molecule has 3 aromatic carbocycles. The first-order chi connectivity index (χ1) is 17.0. The summed E-state index contributed by atoms with van der Waals surface area (Å²) in [4.78, 5) is 8.51. The minimum atomic E-state index is -4.05. The number of piperazine rings is 1. The topological polar surface area (TPSA) is 75.9 Å². The van der Waals surface area contributed by atoms with Gasteiger partial charge in [0.2, 0.25) is 26.6 Å². The van der Waals surface area contributed by atoms with Gasteiger partial charge in [0.1, 0.15) is 11.6 Å². The van der Waals surface area contributed by atoms with Gasteiger partial charge in [-0.25, -0.2) is 12.8 Å². The highest BCUT2D eigenvalue weighted by Crippen LogP contribution is 2.36. The van der Waals surface area contributed by atoms with Gasteiger partial charge in [0.05, 0.1) is 12.0 Å². The van der Waals surface area contributed by atoms with Crippen molar-refractivity contribution in [3.63, 3.8) is 0 Å². The number of sulfone groups is 1. The lowest BCUT2D eigenvalue weighted by Gasteiger charge is -2.36. The lowest BCUT2D eigenvalue weighted by molar-refractivity contribution is 0.415. The number of rotatable bonds is 6. The van der Waals surface area contributed by atoms with Crippen LogP contribution in [0.1, 0.15) is 0 Å². The second kappa shape index (κ2) is 9.42. The summed E-state index contributed by atoms with van der Waals surface area (Å²) in [6.07, 6.45) is 0. The Labute approximate surface area is 203 Å². The number of para-hydroxylation sites is 1. The normalized spacial score (nSPS) is 14.2. The zero-order valence-electron chi connectivity index (χ0n) is 19.1. The Morgan fingerprint density at radius 2 is 1.49 bits per heavy atom. The number of aromatic nitrogens is 1. The van der Waals surface area contributed by atoms with Crippen LogP contribution < -0.4 is 14.5 Å². The second-order valence-electron chi connectivity index (χ2n) is 8.12. The molecule has 0 atom stereocenters. The van der Waals surface area contributed by atoms with Crippen LogP contribution in [0, 0.1) is 5.82 Å². The Morgan fingerprint density at radius 3 is 2.11 bits per heavy atom. The maximum atomic E-state index is 13.5. The number of nitrogens with zero attached hydrogens (tertiary/aromatic N) is 3. The van der Waals surface area contributed by atoms with Gasteiger partial charge in [-0.3, -0.25) is 0 Å². The molecule has 1 aromatic heterocycles. The maximum Gasteiger partial charge on any atom is 0.236 e. The van der Waals surface area contributed by atoms with Crippen molar-refractivity contribution >= 4 is 21.4 Å². The first-order valence-electron chi connectivity index (χ1n) is 11.2. The smallest absolute Gasteiger partial charge is 0.236 e. The van der Waals surface area contributed by atoms with Crippen molar-refractivity contribution in [2.45, 2.75) is 9.92 Å². The number of oxazole rings is 1. The molecule has 2 heterocycles. The molecule has 1 saturated heterocycles. The summed E-state index contributed by atoms with van der Waals surface area (Å²) >= 11 is 0. The molecule has 0 aliphatic carbocycles. The van der Waals surface area contributed by atoms with Gasteiger partial charge in [-0.15, -0.1) is 0 Å². The van der Waals surface area contributed by atoms with E-state index in [-0.39, 0.29) is 21.7 Å². The van der Waals surface area contributed by atoms with E-state index >= 15 is 0 Å². The number of anilines is 2. The van der Waals surface area contributed by atoms with E-state index in [1.807, 2.05) is 23.1 Å². The molecule has 0 amide bonds. The third-order valence-electron chi connectivity index (χ3n) is 5.98. The van der Waals surface area contributed by atoms with E-state index in [1.165, 1.54) is 12.1 Å². The van der Waals surface area contributed by atoms with Crippen molar-refractivity contribution in [1.82, 2.24) is 4.98 Å². The Kier molecular flexibility index (Phi) is 6.17. The van der Waals surface area contributed by atoms with Crippen LogP contribution >= 0.6 is 0 Å². The van der Waals surface area contributed by atoms with Gasteiger partial charge in [-0.1, -0.05) is 18.2 Å². The molecule has 0 unspecified atom stereocenters. The SMILES string of the molecule is COc1ccc(-c2nc(S(=O)(=O)c3ccc(F)cc3)c(N3CCN(c4ccccc4)CC3)o2)cc1. The van der Waals surface area contributed by atoms with Gasteiger partial charge in [-0.05, 0) is 60.7 Å². The van der Waals surface area contributed by atoms with E-state index in [0.29, 0.717) is 37.5 Å². The fourth-order valence-electron chi connectivity index (χ4n) is 4.06. The van der Waals surface area contributed by atoms with Gasteiger partial charge in [-0.2, -0.15) is 4.98 Å². The highest BCUT2D eigenvalue weighted by Gasteiger charge is 2.33. The van der Waals surface area contributed by atoms with E-state index in [0.717, 1.165) is 17.8 Å². The summed E-state index contributed by atoms with van der Waals surface area (Å²) in [5.74, 6) is 0.527. The van der Waals surface area contributed by atoms with E-state index < -0.39 is 15.7 Å². The Balaban J connectivity index is 1.51. The minimum Gasteiger partial charge on any atom is -0.497 e. The molecule has 7 nitrogen and oxygen atoms in total. The molecule has 1 fully saturated rings. The van der Waals surface area contributed by atoms with E-state index in [1.54, 1.807) is 31.4 Å². The largest absolute Gasteiger partial charge is 0.497 e. The molecule has 1 aliphatic rings. The predicted octanol–water partition coefficient (Wildman–Crippen LogP) is 4.65. The van der Waals surface area contributed by atoms with Crippen molar-refractivity contribution in [2.24, 2.45) is 0 Å². The fraction of sp³-hybridized carbons (Fsp3) is 0.192. The van der Waals surface area contributed by atoms with Gasteiger partial charge in [0, 0.05) is 37.4 Å². The second-order valence-corrected chi connectivity index (χ2v) is 9.99. The van der Waals surface area contributed by atoms with Gasteiger partial charge < -0.3 is 19.0 Å². The number of hydrogen-bond donors (Lipinski definition) is 0. The zero-order valence-corrected chi connectivity index (χ0v) is 19.9. The molecule has 5 rings (SSSR count). The Morgan fingerprint density at radius 1 is 0.857 bits per heavy atom. The average Bonchev–Trinajstić information content (AvgIpc) is 3.36. The summed E-state index contributed by atoms with van der Waals surface area (Å²) in [6.45, 7) is 2.49. The standard InChI is InChI=1S/C26H24FN3O4S/c1-33-22-11-7-19(8-12-22)24-28-25(35(31,32)23-13-9-20(27)10-14-23)26(34-24)30-17-15-29(16-18-30)21-5-3-2-4-6-21/h2-14H,15-18H2,1H3. The van der Waals surface area contributed by atoms with Crippen molar-refractivity contribution in [2.75, 3.05) is 43.1 Å². The molecule has 0 bridgehead atoms. The van der Waals surface area contributed by atoms with Crippen LogP contribution in [0.15, 0.2) is 93.2 Å². The number of methoxy groups -OCH3 is 1. The molecule has 180 valence electrons. The first-order valence-corrected chi connectivity index (χ1v) is 12.6. The van der Waals surface area contributed by atoms with Crippen LogP contribution in [-0.4, -0.2) is 46.7 Å². The fourth-order valence-corrected chi connectivity index (χ4v) is 5.38. The lowest BCUT2D eigenvalue weighted by Crippen LogP contribution is -2.46. The van der Waals surface area contributed by atoms with Crippen LogP contribution in [-0.2, 0) is 9.84 Å². The quantitative estimate of drug-likeness (QED) is 0.362. The van der Waals surface area contributed by atoms with Crippen molar-refractivity contribution in [1.29, 1.82) is 0 Å². The molecular formula is C26H24FN3O4S. The summed E-state index contributed by atoms with van der Waals surface area (Å²) < 4.78 is 51.8. The Hall–Kier alpha value is -3.85. The van der Waals surface area contributed by atoms with E-state index in [2.05, 4.69) is 22.0 Å². The first kappa shape index (κ1) is 22.9. The van der Waals surface area contributed by atoms with Crippen LogP contribution in [0.3, 0.4) is 0 Å². The highest BCUT2D eigenvalue weighted by atomic mass is 32.2. The molecule has 4 aromatic rings. The maximum absolute atomic E-state index is 13.5. The van der Waals surface area contributed by atoms with Crippen LogP contribution in [0.25, 0.3) is 11.5 Å². The van der Waals surface area contributed by atoms with Crippen molar-refractivity contribution < 1.29 is 22.0 Å². The van der Waals surface area contributed by atoms with Crippen LogP contribution in [0.2, 0.25) is 0 Å². The summed E-state index contributed by atoms with van der Waals surface area (Å²) in [6, 6.07) is 21.8. The van der Waals surface area contributed by atoms with E-state index in [4.69, 9.17) is 9.15 Å². The Bertz CT molecular complexity index is 1400. The van der Waals surface area contributed by atoms with Crippen molar-refractivity contribution in [3.05, 3.63) is 84.7 Å². The molecular weight excluding hydrogens is 469 g/mol. The molecule has 35 heavy (non-hydrogen) atoms. The highest BCUT2D eigenvalue weighted by molar-refractivity contribution is 7.91. The predicted molar refractivity (Wildman–Crippen MR) is 131 cm³/mol. The molecule has 0 N–H and O–H groups in total. The summed E-state index contributed by atoms with van der Waals surface area (Å²) in [5.41, 5.74) is 1.73. The number of hydrogen-bond acceptors (Lipinski definition) is 7. The van der Waals surface area contributed by atoms with Crippen LogP contribution in [0.4, 0.5) is 16.0 Å². The van der Waals surface area contributed by atoms with E-state index in [9.17, 15) is 12.8 Å². The van der Waals surface area contributed by atoms with Crippen LogP contribution in [0.5, 0.6) is 5.75 Å². The number of ether oxygens (including phenoxy) is 1. The molecule has 0 radical (unpaired) electrons. The lowest BCUT2D eigenvalue weighted by atomic mass is 10.2. The summed E-state index contributed by atoms with van der Waals surface area (Å²) in [5, 5.41) is -0.178. The van der Waals surface area contributed by atoms with Crippen molar-refractivity contribution in [3.8, 4) is 17.2 Å². The average molecular weight is 494 g/mol. The molecule has 9 heteroatoms.